The lowest BCUT2D eigenvalue weighted by atomic mass is 10.0. The molecular weight excluding hydrogens is 410 g/mol. The molecule has 1 atom stereocenters. The van der Waals surface area contributed by atoms with Crippen molar-refractivity contribution in [2.75, 3.05) is 12.4 Å². The highest BCUT2D eigenvalue weighted by Crippen LogP contribution is 2.39. The van der Waals surface area contributed by atoms with Crippen LogP contribution in [0.3, 0.4) is 0 Å². The Labute approximate surface area is 193 Å². The Hall–Kier alpha value is -3.67. The third-order valence-corrected chi connectivity index (χ3v) is 6.20. The van der Waals surface area contributed by atoms with Gasteiger partial charge in [-0.25, -0.2) is 9.97 Å². The van der Waals surface area contributed by atoms with Crippen molar-refractivity contribution in [3.63, 3.8) is 0 Å². The number of aryl methyl sites for hydroxylation is 1. The Balaban J connectivity index is 1.46. The third-order valence-electron chi connectivity index (χ3n) is 6.20. The van der Waals surface area contributed by atoms with Crippen molar-refractivity contribution in [1.29, 1.82) is 0 Å². The van der Waals surface area contributed by atoms with Crippen LogP contribution in [0.5, 0.6) is 0 Å². The van der Waals surface area contributed by atoms with Gasteiger partial charge in [-0.05, 0) is 37.0 Å². The second-order valence-corrected chi connectivity index (χ2v) is 8.91. The fraction of sp³-hybridized carbons (Fsp3) is 0.296. The van der Waals surface area contributed by atoms with E-state index in [1.165, 1.54) is 5.39 Å². The SMILES string of the molecule is CNc1cc([C@H](Cc2c[nH]c3ccccc23)NC(=O)Cc2cccc(C)c2)nc(C2CC2)n1. The van der Waals surface area contributed by atoms with Crippen molar-refractivity contribution in [2.24, 2.45) is 0 Å². The number of benzene rings is 2. The zero-order valence-corrected chi connectivity index (χ0v) is 19.1. The van der Waals surface area contributed by atoms with Gasteiger partial charge in [0.1, 0.15) is 11.6 Å². The van der Waals surface area contributed by atoms with Crippen LogP contribution < -0.4 is 10.6 Å². The number of fused-ring (bicyclic) bond motifs is 1. The van der Waals surface area contributed by atoms with Gasteiger partial charge in [-0.2, -0.15) is 0 Å². The molecule has 2 heterocycles. The Bertz CT molecular complexity index is 1290. The topological polar surface area (TPSA) is 82.7 Å². The fourth-order valence-corrected chi connectivity index (χ4v) is 4.32. The highest BCUT2D eigenvalue weighted by Gasteiger charge is 2.29. The predicted octanol–water partition coefficient (Wildman–Crippen LogP) is 4.83. The average Bonchev–Trinajstić information content (AvgIpc) is 3.60. The van der Waals surface area contributed by atoms with Gasteiger partial charge < -0.3 is 15.6 Å². The predicted molar refractivity (Wildman–Crippen MR) is 131 cm³/mol. The first-order chi connectivity index (χ1) is 16.1. The molecule has 0 spiro atoms. The number of carbonyl (C=O) groups excluding carboxylic acids is 1. The van der Waals surface area contributed by atoms with E-state index >= 15 is 0 Å². The molecule has 6 heteroatoms. The Morgan fingerprint density at radius 3 is 2.76 bits per heavy atom. The van der Waals surface area contributed by atoms with Crippen molar-refractivity contribution in [2.45, 2.75) is 44.6 Å². The van der Waals surface area contributed by atoms with Crippen LogP contribution in [-0.2, 0) is 17.6 Å². The van der Waals surface area contributed by atoms with Crippen LogP contribution in [0.15, 0.2) is 60.8 Å². The van der Waals surface area contributed by atoms with Crippen molar-refractivity contribution >= 4 is 22.6 Å². The first-order valence-corrected chi connectivity index (χ1v) is 11.6. The highest BCUT2D eigenvalue weighted by atomic mass is 16.1. The Morgan fingerprint density at radius 2 is 1.97 bits per heavy atom. The van der Waals surface area contributed by atoms with E-state index in [0.717, 1.165) is 52.4 Å². The van der Waals surface area contributed by atoms with Gasteiger partial charge in [-0.1, -0.05) is 48.0 Å². The zero-order valence-electron chi connectivity index (χ0n) is 19.1. The molecule has 1 aliphatic rings. The van der Waals surface area contributed by atoms with Gasteiger partial charge in [0.2, 0.25) is 5.91 Å². The zero-order chi connectivity index (χ0) is 22.8. The summed E-state index contributed by atoms with van der Waals surface area (Å²) in [6.07, 6.45) is 5.27. The van der Waals surface area contributed by atoms with E-state index in [9.17, 15) is 4.79 Å². The van der Waals surface area contributed by atoms with Crippen LogP contribution in [0, 0.1) is 6.92 Å². The van der Waals surface area contributed by atoms with Gasteiger partial charge in [-0.3, -0.25) is 4.79 Å². The van der Waals surface area contributed by atoms with Crippen LogP contribution in [0.2, 0.25) is 0 Å². The lowest BCUT2D eigenvalue weighted by Crippen LogP contribution is -2.32. The van der Waals surface area contributed by atoms with Gasteiger partial charge >= 0.3 is 0 Å². The van der Waals surface area contributed by atoms with Gasteiger partial charge in [0.05, 0.1) is 18.2 Å². The molecule has 0 unspecified atom stereocenters. The minimum Gasteiger partial charge on any atom is -0.373 e. The second kappa shape index (κ2) is 9.06. The maximum absolute atomic E-state index is 13.1. The minimum absolute atomic E-state index is 0.0111. The lowest BCUT2D eigenvalue weighted by Gasteiger charge is -2.20. The van der Waals surface area contributed by atoms with E-state index in [4.69, 9.17) is 4.98 Å². The molecule has 1 amide bonds. The molecule has 3 N–H and O–H groups in total. The number of nitrogens with one attached hydrogen (secondary N) is 3. The van der Waals surface area contributed by atoms with Crippen LogP contribution in [-0.4, -0.2) is 27.9 Å². The molecule has 1 fully saturated rings. The summed E-state index contributed by atoms with van der Waals surface area (Å²) in [5.74, 6) is 2.07. The number of aromatic amines is 1. The van der Waals surface area contributed by atoms with Crippen molar-refractivity contribution < 1.29 is 4.79 Å². The summed E-state index contributed by atoms with van der Waals surface area (Å²) >= 11 is 0. The molecule has 4 aromatic rings. The molecule has 0 aliphatic heterocycles. The number of aromatic nitrogens is 3. The molecule has 5 rings (SSSR count). The molecule has 2 aromatic heterocycles. The number of nitrogens with zero attached hydrogens (tertiary/aromatic N) is 2. The second-order valence-electron chi connectivity index (χ2n) is 8.91. The number of hydrogen-bond donors (Lipinski definition) is 3. The van der Waals surface area contributed by atoms with Crippen LogP contribution in [0.25, 0.3) is 10.9 Å². The maximum atomic E-state index is 13.1. The standard InChI is InChI=1S/C27H29N5O/c1-17-6-5-7-18(12-17)13-26(33)30-23(14-20-16-29-22-9-4-3-8-21(20)22)24-15-25(28-2)32-27(31-24)19-10-11-19/h3-9,12,15-16,19,23,29H,10-11,13-14H2,1-2H3,(H,30,33)(H,28,31,32)/t23-/m0/s1. The van der Waals surface area contributed by atoms with Gasteiger partial charge in [0, 0.05) is 42.6 Å². The van der Waals surface area contributed by atoms with Gasteiger partial charge in [0.15, 0.2) is 0 Å². The van der Waals surface area contributed by atoms with E-state index < -0.39 is 0 Å². The number of H-pyrrole nitrogens is 1. The molecule has 33 heavy (non-hydrogen) atoms. The van der Waals surface area contributed by atoms with E-state index in [-0.39, 0.29) is 11.9 Å². The number of amides is 1. The van der Waals surface area contributed by atoms with Crippen molar-refractivity contribution in [3.8, 4) is 0 Å². The molecule has 0 bridgehead atoms. The molecular formula is C27H29N5O. The maximum Gasteiger partial charge on any atom is 0.224 e. The van der Waals surface area contributed by atoms with Crippen LogP contribution in [0.4, 0.5) is 5.82 Å². The summed E-state index contributed by atoms with van der Waals surface area (Å²) in [5, 5.41) is 7.60. The molecule has 168 valence electrons. The largest absolute Gasteiger partial charge is 0.373 e. The molecule has 1 aliphatic carbocycles. The molecule has 0 radical (unpaired) electrons. The van der Waals surface area contributed by atoms with Crippen LogP contribution in [0.1, 0.15) is 53.0 Å². The monoisotopic (exact) mass is 439 g/mol. The average molecular weight is 440 g/mol. The third kappa shape index (κ3) is 4.90. The molecule has 6 nitrogen and oxygen atoms in total. The summed E-state index contributed by atoms with van der Waals surface area (Å²) in [6.45, 7) is 2.04. The first-order valence-electron chi connectivity index (χ1n) is 11.6. The molecule has 0 saturated heterocycles. The number of hydrogen-bond acceptors (Lipinski definition) is 4. The fourth-order valence-electron chi connectivity index (χ4n) is 4.32. The van der Waals surface area contributed by atoms with Gasteiger partial charge in [0.25, 0.3) is 0 Å². The summed E-state index contributed by atoms with van der Waals surface area (Å²) in [7, 11) is 1.87. The van der Waals surface area contributed by atoms with E-state index in [2.05, 4.69) is 38.8 Å². The summed E-state index contributed by atoms with van der Waals surface area (Å²) in [4.78, 5) is 26.0. The quantitative estimate of drug-likeness (QED) is 0.367. The smallest absolute Gasteiger partial charge is 0.224 e. The van der Waals surface area contributed by atoms with Crippen LogP contribution >= 0.6 is 0 Å². The van der Waals surface area contributed by atoms with E-state index in [1.807, 2.05) is 56.6 Å². The first kappa shape index (κ1) is 21.2. The summed E-state index contributed by atoms with van der Waals surface area (Å²) in [6, 6.07) is 18.0. The molecule has 2 aromatic carbocycles. The number of rotatable bonds is 8. The van der Waals surface area contributed by atoms with E-state index in [1.54, 1.807) is 0 Å². The molecule has 1 saturated carbocycles. The Kier molecular flexibility index (Phi) is 5.82. The summed E-state index contributed by atoms with van der Waals surface area (Å²) in [5.41, 5.74) is 5.26. The normalized spacial score (nSPS) is 14.2. The summed E-state index contributed by atoms with van der Waals surface area (Å²) < 4.78 is 0. The Morgan fingerprint density at radius 1 is 1.12 bits per heavy atom. The number of carbonyl (C=O) groups is 1. The van der Waals surface area contributed by atoms with Gasteiger partial charge in [-0.15, -0.1) is 0 Å². The number of para-hydroxylation sites is 1. The van der Waals surface area contributed by atoms with Crippen molar-refractivity contribution in [3.05, 3.63) is 89.0 Å². The van der Waals surface area contributed by atoms with Crippen molar-refractivity contribution in [1.82, 2.24) is 20.3 Å². The number of anilines is 1. The lowest BCUT2D eigenvalue weighted by molar-refractivity contribution is -0.121. The highest BCUT2D eigenvalue weighted by molar-refractivity contribution is 5.83. The minimum atomic E-state index is -0.255. The van der Waals surface area contributed by atoms with E-state index in [0.29, 0.717) is 18.8 Å².